The molecule has 15 heteroatoms. The van der Waals surface area contributed by atoms with Gasteiger partial charge in [-0.1, -0.05) is 39.2 Å². The minimum absolute atomic E-state index is 0.0458. The Bertz CT molecular complexity index is 1660. The average molecular weight is 726 g/mol. The summed E-state index contributed by atoms with van der Waals surface area (Å²) in [6.07, 6.45) is 5.84. The molecule has 4 rings (SSSR count). The molecule has 3 amide bonds. The first kappa shape index (κ1) is 38.9. The maximum absolute atomic E-state index is 13.6. The molecule has 3 atom stereocenters. The van der Waals surface area contributed by atoms with Gasteiger partial charge < -0.3 is 29.5 Å². The van der Waals surface area contributed by atoms with Gasteiger partial charge in [0, 0.05) is 35.0 Å². The van der Waals surface area contributed by atoms with Gasteiger partial charge >= 0.3 is 14.2 Å². The van der Waals surface area contributed by atoms with Crippen molar-refractivity contribution in [1.29, 1.82) is 0 Å². The highest BCUT2D eigenvalue weighted by atomic mass is 31.1. The van der Waals surface area contributed by atoms with Crippen molar-refractivity contribution < 1.29 is 47.2 Å². The van der Waals surface area contributed by atoms with Crippen LogP contribution >= 0.6 is 8.25 Å². The van der Waals surface area contributed by atoms with Gasteiger partial charge in [-0.05, 0) is 75.1 Å². The number of anilines is 1. The van der Waals surface area contributed by atoms with E-state index < -0.39 is 38.0 Å². The topological polar surface area (TPSA) is 177 Å². The zero-order valence-corrected chi connectivity index (χ0v) is 30.1. The van der Waals surface area contributed by atoms with E-state index in [9.17, 15) is 28.6 Å². The maximum Gasteiger partial charge on any atom is 0.747 e. The highest BCUT2D eigenvalue weighted by molar-refractivity contribution is 7.32. The molecule has 1 aromatic heterocycles. The number of hydrogen-bond donors (Lipinski definition) is 3. The largest absolute Gasteiger partial charge is 0.747 e. The Kier molecular flexibility index (Phi) is 14.8. The first-order valence-electron chi connectivity index (χ1n) is 17.3. The first-order chi connectivity index (χ1) is 24.7. The van der Waals surface area contributed by atoms with Crippen LogP contribution in [0.5, 0.6) is 11.5 Å². The molecular formula is C36H46N4O10P+. The summed E-state index contributed by atoms with van der Waals surface area (Å²) in [7, 11) is -2.91. The van der Waals surface area contributed by atoms with Crippen LogP contribution in [-0.2, 0) is 19.0 Å². The van der Waals surface area contributed by atoms with Gasteiger partial charge in [0.1, 0.15) is 11.5 Å². The van der Waals surface area contributed by atoms with Gasteiger partial charge in [-0.15, -0.1) is 4.89 Å². The van der Waals surface area contributed by atoms with E-state index in [0.29, 0.717) is 49.2 Å². The second-order valence-electron chi connectivity index (χ2n) is 12.0. The number of hydroxylamine groups is 2. The quantitative estimate of drug-likeness (QED) is 0.0410. The van der Waals surface area contributed by atoms with Crippen molar-refractivity contribution in [3.8, 4) is 22.8 Å². The molecule has 0 saturated carbocycles. The molecule has 0 spiro atoms. The minimum Gasteiger partial charge on any atom is -0.494 e. The Morgan fingerprint density at radius 3 is 2.47 bits per heavy atom. The lowest BCUT2D eigenvalue weighted by molar-refractivity contribution is -0.171. The maximum atomic E-state index is 13.6. The standard InChI is InChI=1S/C36H45N4O10P/c1-4-7-8-14-30(31(5-2)40(24-41)49-36(44)25-12-11-13-27(19-25)39-17-9-10-18-39)34(42)37-23-38-35(43)33-16-15-32(48-33)26-20-28(47-6-3)22-29(21-26)50-51(45)46/h11-13,15-16,19-22,24,30-31H,4-10,14,17-18,23H2,1-3H3,(H2-,37,38,42,43,45,46)/p+1. The molecule has 0 radical (unpaired) electrons. The van der Waals surface area contributed by atoms with Gasteiger partial charge in [0.2, 0.25) is 12.3 Å². The molecule has 274 valence electrons. The summed E-state index contributed by atoms with van der Waals surface area (Å²) >= 11 is 0. The average Bonchev–Trinajstić information content (AvgIpc) is 3.84. The Balaban J connectivity index is 1.40. The van der Waals surface area contributed by atoms with Gasteiger partial charge in [-0.3, -0.25) is 14.4 Å². The lowest BCUT2D eigenvalue weighted by Gasteiger charge is -2.32. The molecule has 14 nitrogen and oxygen atoms in total. The van der Waals surface area contributed by atoms with E-state index >= 15 is 0 Å². The molecule has 2 heterocycles. The fourth-order valence-electron chi connectivity index (χ4n) is 6.03. The van der Waals surface area contributed by atoms with Crippen LogP contribution in [0.3, 0.4) is 0 Å². The van der Waals surface area contributed by atoms with E-state index in [0.717, 1.165) is 49.5 Å². The van der Waals surface area contributed by atoms with Gasteiger partial charge in [-0.2, -0.15) is 5.06 Å². The molecule has 3 N–H and O–H groups in total. The van der Waals surface area contributed by atoms with Gasteiger partial charge in [-0.25, -0.2) is 9.32 Å². The van der Waals surface area contributed by atoms with Crippen molar-refractivity contribution in [3.63, 3.8) is 0 Å². The molecular weight excluding hydrogens is 679 g/mol. The van der Waals surface area contributed by atoms with E-state index in [1.165, 1.54) is 18.2 Å². The molecule has 1 fully saturated rings. The van der Waals surface area contributed by atoms with Crippen LogP contribution in [0.2, 0.25) is 0 Å². The summed E-state index contributed by atoms with van der Waals surface area (Å²) < 4.78 is 27.4. The SMILES string of the molecule is CCCCCC(C(=O)NCNC(=O)c1ccc(-c2cc(OCC)cc(O[P+](=O)O)c2)o1)C(CC)N(C=O)OC(=O)c1cccc(N2CCCC2)c1. The second kappa shape index (κ2) is 19.5. The van der Waals surface area contributed by atoms with Crippen molar-refractivity contribution in [2.75, 3.05) is 31.3 Å². The van der Waals surface area contributed by atoms with E-state index in [-0.39, 0.29) is 23.9 Å². The number of ether oxygens (including phenoxy) is 1. The van der Waals surface area contributed by atoms with Gasteiger partial charge in [0.15, 0.2) is 11.5 Å². The molecule has 1 aliphatic heterocycles. The van der Waals surface area contributed by atoms with Crippen molar-refractivity contribution >= 4 is 38.1 Å². The summed E-state index contributed by atoms with van der Waals surface area (Å²) in [5.41, 5.74) is 1.66. The molecule has 1 saturated heterocycles. The first-order valence-corrected chi connectivity index (χ1v) is 18.4. The molecule has 2 aromatic carbocycles. The predicted octanol–water partition coefficient (Wildman–Crippen LogP) is 5.98. The predicted molar refractivity (Wildman–Crippen MR) is 189 cm³/mol. The second-order valence-corrected chi connectivity index (χ2v) is 12.7. The lowest BCUT2D eigenvalue weighted by atomic mass is 9.90. The van der Waals surface area contributed by atoms with Crippen molar-refractivity contribution in [2.45, 2.75) is 71.8 Å². The van der Waals surface area contributed by atoms with Crippen molar-refractivity contribution in [3.05, 3.63) is 65.9 Å². The zero-order chi connectivity index (χ0) is 36.8. The zero-order valence-electron chi connectivity index (χ0n) is 29.2. The number of carbonyl (C=O) groups excluding carboxylic acids is 4. The smallest absolute Gasteiger partial charge is 0.494 e. The third-order valence-electron chi connectivity index (χ3n) is 8.51. The van der Waals surface area contributed by atoms with Crippen LogP contribution in [0.4, 0.5) is 5.69 Å². The van der Waals surface area contributed by atoms with Gasteiger partial charge in [0.25, 0.3) is 5.91 Å². The van der Waals surface area contributed by atoms with E-state index in [2.05, 4.69) is 15.5 Å². The Labute approximate surface area is 298 Å². The van der Waals surface area contributed by atoms with E-state index in [4.69, 9.17) is 18.5 Å². The molecule has 51 heavy (non-hydrogen) atoms. The Hall–Kier alpha value is -4.94. The van der Waals surface area contributed by atoms with Crippen LogP contribution in [0.1, 0.15) is 86.6 Å². The fourth-order valence-corrected chi connectivity index (χ4v) is 6.31. The number of amides is 3. The summed E-state index contributed by atoms with van der Waals surface area (Å²) in [6.45, 7) is 7.56. The van der Waals surface area contributed by atoms with E-state index in [1.54, 1.807) is 37.3 Å². The molecule has 3 unspecified atom stereocenters. The van der Waals surface area contributed by atoms with Crippen molar-refractivity contribution in [1.82, 2.24) is 15.7 Å². The number of nitrogens with zero attached hydrogens (tertiary/aromatic N) is 2. The van der Waals surface area contributed by atoms with Crippen LogP contribution in [0, 0.1) is 5.92 Å². The van der Waals surface area contributed by atoms with Crippen LogP contribution in [0.15, 0.2) is 59.0 Å². The number of unbranched alkanes of at least 4 members (excludes halogenated alkanes) is 2. The van der Waals surface area contributed by atoms with Crippen molar-refractivity contribution in [2.24, 2.45) is 5.92 Å². The Morgan fingerprint density at radius 2 is 1.78 bits per heavy atom. The highest BCUT2D eigenvalue weighted by Gasteiger charge is 2.34. The normalized spacial score (nSPS) is 13.9. The summed E-state index contributed by atoms with van der Waals surface area (Å²) in [5, 5.41) is 6.27. The summed E-state index contributed by atoms with van der Waals surface area (Å²) in [5.74, 6) is -1.76. The van der Waals surface area contributed by atoms with Crippen LogP contribution in [0.25, 0.3) is 11.3 Å². The van der Waals surface area contributed by atoms with E-state index in [1.807, 2.05) is 19.9 Å². The lowest BCUT2D eigenvalue weighted by Crippen LogP contribution is -2.49. The fraction of sp³-hybridized carbons (Fsp3) is 0.444. The third-order valence-corrected chi connectivity index (χ3v) is 8.88. The monoisotopic (exact) mass is 725 g/mol. The molecule has 0 bridgehead atoms. The molecule has 0 aliphatic carbocycles. The minimum atomic E-state index is -2.91. The highest BCUT2D eigenvalue weighted by Crippen LogP contribution is 2.34. The van der Waals surface area contributed by atoms with Crippen LogP contribution < -0.4 is 24.8 Å². The molecule has 1 aliphatic rings. The number of carbonyl (C=O) groups is 4. The Morgan fingerprint density at radius 1 is 1.02 bits per heavy atom. The molecule has 3 aromatic rings. The number of furan rings is 1. The third kappa shape index (κ3) is 11.0. The number of hydrogen-bond acceptors (Lipinski definition) is 10. The van der Waals surface area contributed by atoms with Crippen LogP contribution in [-0.4, -0.2) is 66.6 Å². The number of nitrogens with one attached hydrogen (secondary N) is 2. The van der Waals surface area contributed by atoms with Gasteiger partial charge in [0.05, 0.1) is 30.8 Å². The number of benzene rings is 2. The number of rotatable bonds is 20. The summed E-state index contributed by atoms with van der Waals surface area (Å²) in [4.78, 5) is 69.0. The summed E-state index contributed by atoms with van der Waals surface area (Å²) in [6, 6.07) is 13.9.